The minimum absolute atomic E-state index is 0.162. The zero-order valence-electron chi connectivity index (χ0n) is 16.6. The number of hydrazone groups is 1. The van der Waals surface area contributed by atoms with Gasteiger partial charge in [-0.2, -0.15) is 5.10 Å². The van der Waals surface area contributed by atoms with Crippen molar-refractivity contribution in [1.29, 1.82) is 0 Å². The average molecular weight is 439 g/mol. The lowest BCUT2D eigenvalue weighted by Crippen LogP contribution is -2.24. The molecular weight excluding hydrogens is 420 g/mol. The van der Waals surface area contributed by atoms with Crippen molar-refractivity contribution < 1.29 is 23.8 Å². The summed E-state index contributed by atoms with van der Waals surface area (Å²) in [5, 5.41) is 4.42. The van der Waals surface area contributed by atoms with Gasteiger partial charge in [-0.3, -0.25) is 4.79 Å². The lowest BCUT2D eigenvalue weighted by molar-refractivity contribution is -0.123. The second-order valence-corrected chi connectivity index (χ2v) is 6.64. The van der Waals surface area contributed by atoms with E-state index in [9.17, 15) is 9.59 Å². The Kier molecular flexibility index (Phi) is 7.61. The second kappa shape index (κ2) is 10.8. The number of methoxy groups -OCH3 is 1. The molecule has 1 amide bonds. The van der Waals surface area contributed by atoms with E-state index in [0.29, 0.717) is 27.6 Å². The van der Waals surface area contributed by atoms with Gasteiger partial charge in [-0.15, -0.1) is 0 Å². The second-order valence-electron chi connectivity index (χ2n) is 6.20. The summed E-state index contributed by atoms with van der Waals surface area (Å²) in [6.07, 6.45) is 1.44. The molecule has 0 atom stereocenters. The first-order valence-electron chi connectivity index (χ1n) is 9.20. The van der Waals surface area contributed by atoms with Crippen LogP contribution in [0.2, 0.25) is 5.02 Å². The summed E-state index contributed by atoms with van der Waals surface area (Å²) in [6, 6.07) is 20.2. The largest absolute Gasteiger partial charge is 0.493 e. The van der Waals surface area contributed by atoms with Crippen LogP contribution in [0.1, 0.15) is 15.9 Å². The molecule has 3 aromatic carbocycles. The summed E-state index contributed by atoms with van der Waals surface area (Å²) in [6.45, 7) is -0.162. The number of hydrogen-bond donors (Lipinski definition) is 1. The van der Waals surface area contributed by atoms with Crippen molar-refractivity contribution in [1.82, 2.24) is 5.43 Å². The minimum Gasteiger partial charge on any atom is -0.493 e. The standard InChI is InChI=1S/C23H19ClN2O5/c1-29-21-13-16(14-25-26-22(27)15-30-19-5-3-2-4-6-19)7-12-20(21)31-23(28)17-8-10-18(24)11-9-17/h2-14H,15H2,1H3,(H,26,27). The number of carbonyl (C=O) groups excluding carboxylic acids is 2. The summed E-state index contributed by atoms with van der Waals surface area (Å²) in [5.74, 6) is 0.239. The molecule has 31 heavy (non-hydrogen) atoms. The molecule has 3 rings (SSSR count). The van der Waals surface area contributed by atoms with Crippen LogP contribution in [-0.4, -0.2) is 31.8 Å². The van der Waals surface area contributed by atoms with Gasteiger partial charge in [0.2, 0.25) is 0 Å². The molecule has 0 fully saturated rings. The van der Waals surface area contributed by atoms with E-state index in [1.54, 1.807) is 54.6 Å². The summed E-state index contributed by atoms with van der Waals surface area (Å²) < 4.78 is 16.0. The normalized spacial score (nSPS) is 10.5. The van der Waals surface area contributed by atoms with Gasteiger partial charge in [0.25, 0.3) is 5.91 Å². The topological polar surface area (TPSA) is 86.2 Å². The van der Waals surface area contributed by atoms with E-state index in [1.807, 2.05) is 18.2 Å². The Balaban J connectivity index is 1.56. The number of esters is 1. The number of carbonyl (C=O) groups is 2. The number of hydrogen-bond acceptors (Lipinski definition) is 6. The monoisotopic (exact) mass is 438 g/mol. The molecule has 1 N–H and O–H groups in total. The molecule has 0 bridgehead atoms. The maximum Gasteiger partial charge on any atom is 0.343 e. The van der Waals surface area contributed by atoms with Gasteiger partial charge in [-0.25, -0.2) is 10.2 Å². The predicted molar refractivity (Wildman–Crippen MR) is 117 cm³/mol. The van der Waals surface area contributed by atoms with Crippen LogP contribution in [0, 0.1) is 0 Å². The summed E-state index contributed by atoms with van der Waals surface area (Å²) in [5.41, 5.74) is 3.37. The third kappa shape index (κ3) is 6.58. The van der Waals surface area contributed by atoms with E-state index in [2.05, 4.69) is 10.5 Å². The third-order valence-corrected chi connectivity index (χ3v) is 4.24. The average Bonchev–Trinajstić information content (AvgIpc) is 2.79. The molecule has 0 heterocycles. The first kappa shape index (κ1) is 21.9. The van der Waals surface area contributed by atoms with Crippen molar-refractivity contribution >= 4 is 29.7 Å². The fourth-order valence-electron chi connectivity index (χ4n) is 2.47. The van der Waals surface area contributed by atoms with E-state index < -0.39 is 11.9 Å². The van der Waals surface area contributed by atoms with Gasteiger partial charge in [0.1, 0.15) is 5.75 Å². The van der Waals surface area contributed by atoms with Crippen molar-refractivity contribution in [3.05, 3.63) is 88.9 Å². The molecule has 0 aromatic heterocycles. The van der Waals surface area contributed by atoms with Gasteiger partial charge in [-0.1, -0.05) is 29.8 Å². The third-order valence-electron chi connectivity index (χ3n) is 3.99. The molecule has 0 radical (unpaired) electrons. The van der Waals surface area contributed by atoms with Crippen LogP contribution in [0.4, 0.5) is 0 Å². The van der Waals surface area contributed by atoms with Gasteiger partial charge in [0, 0.05) is 5.02 Å². The molecule has 0 unspecified atom stereocenters. The highest BCUT2D eigenvalue weighted by Gasteiger charge is 2.13. The first-order valence-corrected chi connectivity index (χ1v) is 9.58. The van der Waals surface area contributed by atoms with E-state index >= 15 is 0 Å². The van der Waals surface area contributed by atoms with Gasteiger partial charge >= 0.3 is 5.97 Å². The van der Waals surface area contributed by atoms with Gasteiger partial charge in [0.15, 0.2) is 18.1 Å². The number of amides is 1. The van der Waals surface area contributed by atoms with Gasteiger partial charge < -0.3 is 14.2 Å². The van der Waals surface area contributed by atoms with Crippen LogP contribution in [0.15, 0.2) is 77.9 Å². The minimum atomic E-state index is -0.540. The number of para-hydroxylation sites is 1. The number of ether oxygens (including phenoxy) is 3. The molecule has 7 nitrogen and oxygen atoms in total. The molecule has 0 spiro atoms. The molecular formula is C23H19ClN2O5. The van der Waals surface area contributed by atoms with Crippen LogP contribution in [-0.2, 0) is 4.79 Å². The Morgan fingerprint density at radius 2 is 1.74 bits per heavy atom. The number of rotatable bonds is 8. The van der Waals surface area contributed by atoms with Crippen LogP contribution in [0.3, 0.4) is 0 Å². The van der Waals surface area contributed by atoms with Crippen molar-refractivity contribution in [2.24, 2.45) is 5.10 Å². The fraction of sp³-hybridized carbons (Fsp3) is 0.0870. The Hall–Kier alpha value is -3.84. The Morgan fingerprint density at radius 1 is 1.00 bits per heavy atom. The van der Waals surface area contributed by atoms with E-state index in [0.717, 1.165) is 0 Å². The number of halogens is 1. The van der Waals surface area contributed by atoms with Gasteiger partial charge in [-0.05, 0) is 60.2 Å². The zero-order valence-corrected chi connectivity index (χ0v) is 17.3. The summed E-state index contributed by atoms with van der Waals surface area (Å²) in [4.78, 5) is 24.1. The van der Waals surface area contributed by atoms with Crippen molar-refractivity contribution in [3.8, 4) is 17.2 Å². The molecule has 3 aromatic rings. The quantitative estimate of drug-likeness (QED) is 0.248. The Morgan fingerprint density at radius 3 is 2.45 bits per heavy atom. The number of benzene rings is 3. The number of nitrogens with zero attached hydrogens (tertiary/aromatic N) is 1. The zero-order chi connectivity index (χ0) is 22.1. The van der Waals surface area contributed by atoms with Crippen molar-refractivity contribution in [3.63, 3.8) is 0 Å². The smallest absolute Gasteiger partial charge is 0.343 e. The lowest BCUT2D eigenvalue weighted by atomic mass is 10.2. The maximum atomic E-state index is 12.3. The Bertz CT molecular complexity index is 1070. The fourth-order valence-corrected chi connectivity index (χ4v) is 2.60. The molecule has 158 valence electrons. The van der Waals surface area contributed by atoms with E-state index in [-0.39, 0.29) is 12.4 Å². The molecule has 0 saturated carbocycles. The van der Waals surface area contributed by atoms with Crippen LogP contribution >= 0.6 is 11.6 Å². The Labute approximate surface area is 184 Å². The molecule has 8 heteroatoms. The SMILES string of the molecule is COc1cc(C=NNC(=O)COc2ccccc2)ccc1OC(=O)c1ccc(Cl)cc1. The van der Waals surface area contributed by atoms with Crippen LogP contribution in [0.25, 0.3) is 0 Å². The van der Waals surface area contributed by atoms with Crippen LogP contribution < -0.4 is 19.6 Å². The van der Waals surface area contributed by atoms with Gasteiger partial charge in [0.05, 0.1) is 18.9 Å². The lowest BCUT2D eigenvalue weighted by Gasteiger charge is -2.10. The van der Waals surface area contributed by atoms with E-state index in [4.69, 9.17) is 25.8 Å². The molecule has 0 aliphatic heterocycles. The highest BCUT2D eigenvalue weighted by atomic mass is 35.5. The molecule has 0 aliphatic rings. The van der Waals surface area contributed by atoms with Crippen LogP contribution in [0.5, 0.6) is 17.2 Å². The first-order chi connectivity index (χ1) is 15.0. The highest BCUT2D eigenvalue weighted by molar-refractivity contribution is 6.30. The highest BCUT2D eigenvalue weighted by Crippen LogP contribution is 2.28. The predicted octanol–water partition coefficient (Wildman–Crippen LogP) is 4.10. The van der Waals surface area contributed by atoms with Crippen molar-refractivity contribution in [2.75, 3.05) is 13.7 Å². The molecule has 0 aliphatic carbocycles. The number of nitrogens with one attached hydrogen (secondary N) is 1. The maximum absolute atomic E-state index is 12.3. The van der Waals surface area contributed by atoms with Crippen molar-refractivity contribution in [2.45, 2.75) is 0 Å². The summed E-state index contributed by atoms with van der Waals surface area (Å²) >= 11 is 5.83. The molecule has 0 saturated heterocycles. The summed E-state index contributed by atoms with van der Waals surface area (Å²) in [7, 11) is 1.46. The van der Waals surface area contributed by atoms with E-state index in [1.165, 1.54) is 13.3 Å².